The minimum absolute atomic E-state index is 0.0734. The molecule has 20 heavy (non-hydrogen) atoms. The Hall–Kier alpha value is -0.610. The first kappa shape index (κ1) is 15.8. The van der Waals surface area contributed by atoms with E-state index in [0.29, 0.717) is 12.5 Å². The summed E-state index contributed by atoms with van der Waals surface area (Å²) in [6.07, 6.45) is 6.78. The molecule has 4 nitrogen and oxygen atoms in total. The number of hydrogen-bond donors (Lipinski definition) is 2. The number of hydrogen-bond acceptors (Lipinski definition) is 3. The van der Waals surface area contributed by atoms with Crippen LogP contribution in [0.3, 0.4) is 0 Å². The lowest BCUT2D eigenvalue weighted by Gasteiger charge is -2.32. The molecular weight excluding hydrogens is 254 g/mol. The molecule has 1 aliphatic heterocycles. The number of carbonyl (C=O) groups is 1. The predicted molar refractivity (Wildman–Crippen MR) is 78.4 cm³/mol. The Morgan fingerprint density at radius 1 is 1.30 bits per heavy atom. The molecule has 0 aromatic heterocycles. The van der Waals surface area contributed by atoms with Crippen LogP contribution in [0.1, 0.15) is 58.8 Å². The zero-order valence-corrected chi connectivity index (χ0v) is 12.9. The largest absolute Gasteiger partial charge is 0.388 e. The van der Waals surface area contributed by atoms with Crippen molar-refractivity contribution in [3.63, 3.8) is 0 Å². The lowest BCUT2D eigenvalue weighted by molar-refractivity contribution is -0.132. The van der Waals surface area contributed by atoms with Gasteiger partial charge < -0.3 is 15.2 Å². The molecule has 0 bridgehead atoms. The van der Waals surface area contributed by atoms with Gasteiger partial charge in [-0.15, -0.1) is 0 Å². The Kier molecular flexibility index (Phi) is 5.08. The summed E-state index contributed by atoms with van der Waals surface area (Å²) in [5, 5.41) is 13.3. The summed E-state index contributed by atoms with van der Waals surface area (Å²) in [5.41, 5.74) is -1.03. The second-order valence-corrected chi connectivity index (χ2v) is 7.26. The first-order chi connectivity index (χ1) is 9.41. The van der Waals surface area contributed by atoms with Crippen LogP contribution in [0, 0.1) is 11.3 Å². The molecular formula is C16H29NO3. The van der Waals surface area contributed by atoms with Crippen LogP contribution in [0.25, 0.3) is 0 Å². The van der Waals surface area contributed by atoms with Crippen LogP contribution in [0.5, 0.6) is 0 Å². The Morgan fingerprint density at radius 2 is 1.90 bits per heavy atom. The monoisotopic (exact) mass is 283 g/mol. The fourth-order valence-corrected chi connectivity index (χ4v) is 3.46. The van der Waals surface area contributed by atoms with Gasteiger partial charge in [-0.05, 0) is 38.0 Å². The highest BCUT2D eigenvalue weighted by Crippen LogP contribution is 2.32. The summed E-state index contributed by atoms with van der Waals surface area (Å²) >= 11 is 0. The SMILES string of the molecule is CC(C)(CC1CCOCC1)C(=O)NCC1(O)CCCC1. The highest BCUT2D eigenvalue weighted by Gasteiger charge is 2.35. The maximum absolute atomic E-state index is 12.4. The van der Waals surface area contributed by atoms with Crippen LogP contribution in [-0.4, -0.2) is 36.4 Å². The molecule has 2 fully saturated rings. The van der Waals surface area contributed by atoms with E-state index in [-0.39, 0.29) is 11.3 Å². The van der Waals surface area contributed by atoms with Crippen molar-refractivity contribution in [1.29, 1.82) is 0 Å². The molecule has 1 aliphatic carbocycles. The summed E-state index contributed by atoms with van der Waals surface area (Å²) in [6, 6.07) is 0. The van der Waals surface area contributed by atoms with E-state index in [2.05, 4.69) is 5.32 Å². The fraction of sp³-hybridized carbons (Fsp3) is 0.938. The molecule has 0 spiro atoms. The minimum Gasteiger partial charge on any atom is -0.388 e. The highest BCUT2D eigenvalue weighted by atomic mass is 16.5. The van der Waals surface area contributed by atoms with Gasteiger partial charge in [-0.1, -0.05) is 26.7 Å². The minimum atomic E-state index is -0.662. The van der Waals surface area contributed by atoms with Crippen molar-refractivity contribution >= 4 is 5.91 Å². The van der Waals surface area contributed by atoms with E-state index in [1.54, 1.807) is 0 Å². The molecule has 0 radical (unpaired) electrons. The molecule has 0 atom stereocenters. The van der Waals surface area contributed by atoms with Gasteiger partial charge in [-0.25, -0.2) is 0 Å². The Morgan fingerprint density at radius 3 is 2.50 bits per heavy atom. The topological polar surface area (TPSA) is 58.6 Å². The van der Waals surface area contributed by atoms with Crippen LogP contribution in [0.15, 0.2) is 0 Å². The molecule has 116 valence electrons. The lowest BCUT2D eigenvalue weighted by atomic mass is 9.79. The van der Waals surface area contributed by atoms with E-state index in [0.717, 1.165) is 58.2 Å². The zero-order chi connectivity index (χ0) is 14.6. The zero-order valence-electron chi connectivity index (χ0n) is 12.9. The number of aliphatic hydroxyl groups is 1. The fourth-order valence-electron chi connectivity index (χ4n) is 3.46. The molecule has 0 aromatic carbocycles. The van der Waals surface area contributed by atoms with Crippen LogP contribution in [-0.2, 0) is 9.53 Å². The highest BCUT2D eigenvalue weighted by molar-refractivity contribution is 5.81. The quantitative estimate of drug-likeness (QED) is 0.813. The van der Waals surface area contributed by atoms with Crippen molar-refractivity contribution in [2.45, 2.75) is 64.4 Å². The Labute approximate surface area is 122 Å². The molecule has 2 rings (SSSR count). The van der Waals surface area contributed by atoms with Crippen molar-refractivity contribution in [2.24, 2.45) is 11.3 Å². The molecule has 2 aliphatic rings. The Balaban J connectivity index is 1.79. The predicted octanol–water partition coefficient (Wildman–Crippen LogP) is 2.25. The first-order valence-corrected chi connectivity index (χ1v) is 8.00. The molecule has 2 N–H and O–H groups in total. The third kappa shape index (κ3) is 4.19. The molecule has 1 saturated heterocycles. The van der Waals surface area contributed by atoms with Crippen molar-refractivity contribution in [3.05, 3.63) is 0 Å². The second-order valence-electron chi connectivity index (χ2n) is 7.26. The summed E-state index contributed by atoms with van der Waals surface area (Å²) in [6.45, 7) is 6.07. The third-order valence-electron chi connectivity index (χ3n) is 4.87. The van der Waals surface area contributed by atoms with Gasteiger partial charge in [0.15, 0.2) is 0 Å². The number of nitrogens with one attached hydrogen (secondary N) is 1. The van der Waals surface area contributed by atoms with Crippen LogP contribution in [0.4, 0.5) is 0 Å². The van der Waals surface area contributed by atoms with E-state index in [1.807, 2.05) is 13.8 Å². The van der Waals surface area contributed by atoms with Crippen LogP contribution < -0.4 is 5.32 Å². The Bertz CT molecular complexity index is 329. The molecule has 0 aromatic rings. The first-order valence-electron chi connectivity index (χ1n) is 8.00. The van der Waals surface area contributed by atoms with E-state index < -0.39 is 5.60 Å². The molecule has 1 saturated carbocycles. The number of carbonyl (C=O) groups excluding carboxylic acids is 1. The lowest BCUT2D eigenvalue weighted by Crippen LogP contribution is -2.46. The molecule has 1 heterocycles. The van der Waals surface area contributed by atoms with Crippen molar-refractivity contribution in [1.82, 2.24) is 5.32 Å². The van der Waals surface area contributed by atoms with Crippen LogP contribution >= 0.6 is 0 Å². The van der Waals surface area contributed by atoms with Crippen molar-refractivity contribution in [3.8, 4) is 0 Å². The average molecular weight is 283 g/mol. The summed E-state index contributed by atoms with van der Waals surface area (Å²) < 4.78 is 5.37. The maximum Gasteiger partial charge on any atom is 0.225 e. The number of rotatable bonds is 5. The maximum atomic E-state index is 12.4. The van der Waals surface area contributed by atoms with E-state index >= 15 is 0 Å². The average Bonchev–Trinajstić information content (AvgIpc) is 2.84. The van der Waals surface area contributed by atoms with Crippen LogP contribution in [0.2, 0.25) is 0 Å². The molecule has 4 heteroatoms. The van der Waals surface area contributed by atoms with Gasteiger partial charge in [0.1, 0.15) is 0 Å². The van der Waals surface area contributed by atoms with Gasteiger partial charge in [0.2, 0.25) is 5.91 Å². The van der Waals surface area contributed by atoms with Crippen molar-refractivity contribution < 1.29 is 14.6 Å². The van der Waals surface area contributed by atoms with Gasteiger partial charge in [0.05, 0.1) is 5.60 Å². The second kappa shape index (κ2) is 6.44. The van der Waals surface area contributed by atoms with E-state index in [9.17, 15) is 9.90 Å². The standard InChI is InChI=1S/C16H29NO3/c1-15(2,11-13-5-9-20-10-6-13)14(18)17-12-16(19)7-3-4-8-16/h13,19H,3-12H2,1-2H3,(H,17,18). The van der Waals surface area contributed by atoms with Gasteiger partial charge in [-0.3, -0.25) is 4.79 Å². The van der Waals surface area contributed by atoms with Crippen molar-refractivity contribution in [2.75, 3.05) is 19.8 Å². The summed E-state index contributed by atoms with van der Waals surface area (Å²) in [4.78, 5) is 12.4. The number of ether oxygens (including phenoxy) is 1. The van der Waals surface area contributed by atoms with Gasteiger partial charge in [0, 0.05) is 25.2 Å². The van der Waals surface area contributed by atoms with E-state index in [4.69, 9.17) is 4.74 Å². The summed E-state index contributed by atoms with van der Waals surface area (Å²) in [5.74, 6) is 0.656. The third-order valence-corrected chi connectivity index (χ3v) is 4.87. The van der Waals surface area contributed by atoms with E-state index in [1.165, 1.54) is 0 Å². The molecule has 0 unspecified atom stereocenters. The number of amides is 1. The van der Waals surface area contributed by atoms with Gasteiger partial charge in [0.25, 0.3) is 0 Å². The smallest absolute Gasteiger partial charge is 0.225 e. The van der Waals surface area contributed by atoms with Gasteiger partial charge in [-0.2, -0.15) is 0 Å². The summed E-state index contributed by atoms with van der Waals surface area (Å²) in [7, 11) is 0. The molecule has 1 amide bonds. The van der Waals surface area contributed by atoms with Gasteiger partial charge >= 0.3 is 0 Å². The normalized spacial score (nSPS) is 23.8.